The number of rotatable bonds is 2. The number of anilines is 1. The fraction of sp³-hybridized carbons (Fsp3) is 0.0769. The Morgan fingerprint density at radius 1 is 1.24 bits per heavy atom. The second-order valence-corrected chi connectivity index (χ2v) is 4.45. The Kier molecular flexibility index (Phi) is 3.54. The highest BCUT2D eigenvalue weighted by molar-refractivity contribution is 9.10. The summed E-state index contributed by atoms with van der Waals surface area (Å²) in [6.45, 7) is 1.95. The molecular formula is C13H11BrN2O. The van der Waals surface area contributed by atoms with Gasteiger partial charge in [0.2, 0.25) is 0 Å². The fourth-order valence-corrected chi connectivity index (χ4v) is 1.65. The quantitative estimate of drug-likeness (QED) is 0.862. The maximum atomic E-state index is 11.9. The summed E-state index contributed by atoms with van der Waals surface area (Å²) < 4.78 is 0.713. The van der Waals surface area contributed by atoms with Crippen molar-refractivity contribution in [3.8, 4) is 0 Å². The standard InChI is InChI=1S/C13H11BrN2O/c1-9-4-2-3-5-11(9)16-13(17)10-6-7-12(14)15-8-10/h2-8H,1H3,(H,16,17). The minimum absolute atomic E-state index is 0.153. The van der Waals surface area contributed by atoms with Crippen LogP contribution in [0.25, 0.3) is 0 Å². The molecule has 86 valence electrons. The van der Waals surface area contributed by atoms with Gasteiger partial charge in [-0.2, -0.15) is 0 Å². The van der Waals surface area contributed by atoms with E-state index in [0.29, 0.717) is 10.2 Å². The minimum Gasteiger partial charge on any atom is -0.322 e. The van der Waals surface area contributed by atoms with Crippen molar-refractivity contribution in [2.24, 2.45) is 0 Å². The lowest BCUT2D eigenvalue weighted by Crippen LogP contribution is -2.12. The SMILES string of the molecule is Cc1ccccc1NC(=O)c1ccc(Br)nc1. The molecule has 1 heterocycles. The normalized spacial score (nSPS) is 10.0. The van der Waals surface area contributed by atoms with Crippen molar-refractivity contribution < 1.29 is 4.79 Å². The second-order valence-electron chi connectivity index (χ2n) is 3.64. The highest BCUT2D eigenvalue weighted by atomic mass is 79.9. The molecule has 0 atom stereocenters. The van der Waals surface area contributed by atoms with Crippen LogP contribution in [0.4, 0.5) is 5.69 Å². The van der Waals surface area contributed by atoms with Gasteiger partial charge in [0, 0.05) is 11.9 Å². The van der Waals surface area contributed by atoms with Crippen molar-refractivity contribution in [2.45, 2.75) is 6.92 Å². The monoisotopic (exact) mass is 290 g/mol. The number of pyridine rings is 1. The van der Waals surface area contributed by atoms with E-state index in [1.807, 2.05) is 31.2 Å². The first kappa shape index (κ1) is 11.8. The summed E-state index contributed by atoms with van der Waals surface area (Å²) in [5.74, 6) is -0.153. The molecule has 0 spiro atoms. The van der Waals surface area contributed by atoms with Crippen molar-refractivity contribution in [1.29, 1.82) is 0 Å². The van der Waals surface area contributed by atoms with Crippen molar-refractivity contribution in [1.82, 2.24) is 4.98 Å². The van der Waals surface area contributed by atoms with Crippen LogP contribution < -0.4 is 5.32 Å². The second kappa shape index (κ2) is 5.10. The van der Waals surface area contributed by atoms with Gasteiger partial charge in [-0.1, -0.05) is 18.2 Å². The number of halogens is 1. The van der Waals surface area contributed by atoms with Crippen LogP contribution in [0.3, 0.4) is 0 Å². The molecular weight excluding hydrogens is 280 g/mol. The Morgan fingerprint density at radius 3 is 2.65 bits per heavy atom. The summed E-state index contributed by atoms with van der Waals surface area (Å²) in [6.07, 6.45) is 1.54. The highest BCUT2D eigenvalue weighted by Crippen LogP contribution is 2.15. The van der Waals surface area contributed by atoms with E-state index < -0.39 is 0 Å². The van der Waals surface area contributed by atoms with Crippen molar-refractivity contribution in [3.63, 3.8) is 0 Å². The first-order chi connectivity index (χ1) is 8.16. The van der Waals surface area contributed by atoms with Crippen LogP contribution in [0.1, 0.15) is 15.9 Å². The molecule has 0 aliphatic heterocycles. The van der Waals surface area contributed by atoms with Gasteiger partial charge >= 0.3 is 0 Å². The van der Waals surface area contributed by atoms with Crippen LogP contribution in [0.5, 0.6) is 0 Å². The van der Waals surface area contributed by atoms with Crippen LogP contribution in [0.2, 0.25) is 0 Å². The van der Waals surface area contributed by atoms with Gasteiger partial charge in [0.1, 0.15) is 4.60 Å². The van der Waals surface area contributed by atoms with E-state index in [4.69, 9.17) is 0 Å². The average molecular weight is 291 g/mol. The van der Waals surface area contributed by atoms with E-state index in [0.717, 1.165) is 11.3 Å². The maximum Gasteiger partial charge on any atom is 0.257 e. The first-order valence-electron chi connectivity index (χ1n) is 5.15. The number of para-hydroxylation sites is 1. The summed E-state index contributed by atoms with van der Waals surface area (Å²) in [7, 11) is 0. The van der Waals surface area contributed by atoms with Crippen LogP contribution in [-0.4, -0.2) is 10.9 Å². The summed E-state index contributed by atoms with van der Waals surface area (Å²) >= 11 is 3.23. The first-order valence-corrected chi connectivity index (χ1v) is 5.94. The Bertz CT molecular complexity index is 537. The summed E-state index contributed by atoms with van der Waals surface area (Å²) in [4.78, 5) is 15.9. The van der Waals surface area contributed by atoms with E-state index in [1.54, 1.807) is 12.1 Å². The lowest BCUT2D eigenvalue weighted by molar-refractivity contribution is 0.102. The van der Waals surface area contributed by atoms with E-state index >= 15 is 0 Å². The Hall–Kier alpha value is -1.68. The minimum atomic E-state index is -0.153. The Balaban J connectivity index is 2.17. The molecule has 0 saturated heterocycles. The number of amides is 1. The van der Waals surface area contributed by atoms with Gasteiger partial charge in [-0.05, 0) is 46.6 Å². The van der Waals surface area contributed by atoms with Crippen molar-refractivity contribution >= 4 is 27.5 Å². The molecule has 0 saturated carbocycles. The van der Waals surface area contributed by atoms with Gasteiger partial charge in [0.05, 0.1) is 5.56 Å². The third kappa shape index (κ3) is 2.91. The molecule has 1 aromatic heterocycles. The maximum absolute atomic E-state index is 11.9. The molecule has 2 aromatic rings. The topological polar surface area (TPSA) is 42.0 Å². The number of benzene rings is 1. The third-order valence-corrected chi connectivity index (χ3v) is 2.85. The highest BCUT2D eigenvalue weighted by Gasteiger charge is 2.07. The zero-order valence-electron chi connectivity index (χ0n) is 9.27. The largest absolute Gasteiger partial charge is 0.322 e. The number of carbonyl (C=O) groups is 1. The molecule has 0 bridgehead atoms. The molecule has 17 heavy (non-hydrogen) atoms. The van der Waals surface area contributed by atoms with Crippen LogP contribution >= 0.6 is 15.9 Å². The molecule has 3 nitrogen and oxygen atoms in total. The number of nitrogens with zero attached hydrogens (tertiary/aromatic N) is 1. The Morgan fingerprint density at radius 2 is 2.00 bits per heavy atom. The molecule has 1 aromatic carbocycles. The average Bonchev–Trinajstić information content (AvgIpc) is 2.33. The van der Waals surface area contributed by atoms with Crippen LogP contribution in [-0.2, 0) is 0 Å². The van der Waals surface area contributed by atoms with Crippen LogP contribution in [0, 0.1) is 6.92 Å². The number of carbonyl (C=O) groups excluding carboxylic acids is 1. The summed E-state index contributed by atoms with van der Waals surface area (Å²) in [5.41, 5.74) is 2.39. The lowest BCUT2D eigenvalue weighted by Gasteiger charge is -2.07. The Labute approximate surface area is 108 Å². The molecule has 0 fully saturated rings. The number of nitrogens with one attached hydrogen (secondary N) is 1. The van der Waals surface area contributed by atoms with E-state index in [9.17, 15) is 4.79 Å². The predicted octanol–water partition coefficient (Wildman–Crippen LogP) is 3.40. The molecule has 0 radical (unpaired) electrons. The van der Waals surface area contributed by atoms with Gasteiger partial charge in [-0.3, -0.25) is 4.79 Å². The van der Waals surface area contributed by atoms with Gasteiger partial charge in [0.25, 0.3) is 5.91 Å². The molecule has 1 amide bonds. The number of hydrogen-bond acceptors (Lipinski definition) is 2. The van der Waals surface area contributed by atoms with E-state index in [1.165, 1.54) is 6.20 Å². The molecule has 4 heteroatoms. The van der Waals surface area contributed by atoms with Crippen molar-refractivity contribution in [2.75, 3.05) is 5.32 Å². The smallest absolute Gasteiger partial charge is 0.257 e. The third-order valence-electron chi connectivity index (χ3n) is 2.38. The van der Waals surface area contributed by atoms with Gasteiger partial charge < -0.3 is 5.32 Å². The van der Waals surface area contributed by atoms with Crippen molar-refractivity contribution in [3.05, 3.63) is 58.3 Å². The number of aromatic nitrogens is 1. The number of aryl methyl sites for hydroxylation is 1. The molecule has 1 N–H and O–H groups in total. The van der Waals surface area contributed by atoms with Gasteiger partial charge in [-0.25, -0.2) is 4.98 Å². The van der Waals surface area contributed by atoms with E-state index in [-0.39, 0.29) is 5.91 Å². The van der Waals surface area contributed by atoms with Gasteiger partial charge in [-0.15, -0.1) is 0 Å². The predicted molar refractivity (Wildman–Crippen MR) is 71.1 cm³/mol. The lowest BCUT2D eigenvalue weighted by atomic mass is 10.2. The van der Waals surface area contributed by atoms with E-state index in [2.05, 4.69) is 26.2 Å². The fourth-order valence-electron chi connectivity index (χ4n) is 1.42. The summed E-state index contributed by atoms with van der Waals surface area (Å²) in [6, 6.07) is 11.1. The van der Waals surface area contributed by atoms with Gasteiger partial charge in [0.15, 0.2) is 0 Å². The molecule has 0 aliphatic rings. The zero-order valence-corrected chi connectivity index (χ0v) is 10.9. The summed E-state index contributed by atoms with van der Waals surface area (Å²) in [5, 5.41) is 2.85. The number of hydrogen-bond donors (Lipinski definition) is 1. The molecule has 2 rings (SSSR count). The molecule has 0 aliphatic carbocycles. The van der Waals surface area contributed by atoms with Crippen LogP contribution in [0.15, 0.2) is 47.2 Å². The zero-order chi connectivity index (χ0) is 12.3. The molecule has 0 unspecified atom stereocenters.